The summed E-state index contributed by atoms with van der Waals surface area (Å²) < 4.78 is 5.46. The van der Waals surface area contributed by atoms with Crippen LogP contribution in [0.25, 0.3) is 0 Å². The minimum absolute atomic E-state index is 0.247. The Morgan fingerprint density at radius 3 is 2.80 bits per heavy atom. The van der Waals surface area contributed by atoms with Gasteiger partial charge >= 0.3 is 5.97 Å². The van der Waals surface area contributed by atoms with Crippen molar-refractivity contribution in [3.05, 3.63) is 16.8 Å². The molecule has 0 spiro atoms. The zero-order valence-corrected chi connectivity index (χ0v) is 12.2. The quantitative estimate of drug-likeness (QED) is 0.903. The molecule has 1 atom stereocenters. The van der Waals surface area contributed by atoms with Crippen molar-refractivity contribution in [1.82, 2.24) is 10.2 Å². The molecule has 1 aliphatic heterocycles. The molecule has 1 unspecified atom stereocenters. The van der Waals surface area contributed by atoms with Crippen LogP contribution in [0.4, 0.5) is 5.82 Å². The van der Waals surface area contributed by atoms with Gasteiger partial charge in [0.2, 0.25) is 0 Å². The summed E-state index contributed by atoms with van der Waals surface area (Å²) in [5.74, 6) is -0.104. The van der Waals surface area contributed by atoms with Gasteiger partial charge in [-0.05, 0) is 38.2 Å². The lowest BCUT2D eigenvalue weighted by Gasteiger charge is -2.28. The Morgan fingerprint density at radius 2 is 2.20 bits per heavy atom. The van der Waals surface area contributed by atoms with Crippen LogP contribution in [-0.4, -0.2) is 48.1 Å². The third-order valence-corrected chi connectivity index (χ3v) is 3.80. The number of rotatable bonds is 4. The molecule has 6 nitrogen and oxygen atoms in total. The highest BCUT2D eigenvalue weighted by Gasteiger charge is 2.23. The van der Waals surface area contributed by atoms with Gasteiger partial charge in [-0.2, -0.15) is 5.10 Å². The van der Waals surface area contributed by atoms with E-state index in [1.165, 1.54) is 0 Å². The van der Waals surface area contributed by atoms with Crippen molar-refractivity contribution in [3.8, 4) is 0 Å². The van der Waals surface area contributed by atoms with Crippen LogP contribution in [0.1, 0.15) is 34.5 Å². The standard InChI is InChI=1S/C14H21N3O3/c1-9-10(2)15-16-13(12(9)14(18)19)17(3)7-11-5-4-6-20-8-11/h11H,4-8H2,1-3H3,(H,18,19). The van der Waals surface area contributed by atoms with Gasteiger partial charge in [0.15, 0.2) is 5.82 Å². The van der Waals surface area contributed by atoms with Gasteiger partial charge in [0.05, 0.1) is 12.3 Å². The smallest absolute Gasteiger partial charge is 0.339 e. The van der Waals surface area contributed by atoms with Gasteiger partial charge in [-0.15, -0.1) is 5.10 Å². The predicted molar refractivity (Wildman–Crippen MR) is 75.3 cm³/mol. The zero-order chi connectivity index (χ0) is 14.7. The molecule has 6 heteroatoms. The second-order valence-electron chi connectivity index (χ2n) is 5.38. The molecule has 0 aromatic carbocycles. The van der Waals surface area contributed by atoms with Crippen molar-refractivity contribution in [2.45, 2.75) is 26.7 Å². The first-order valence-electron chi connectivity index (χ1n) is 6.86. The highest BCUT2D eigenvalue weighted by Crippen LogP contribution is 2.23. The summed E-state index contributed by atoms with van der Waals surface area (Å²) in [7, 11) is 1.86. The van der Waals surface area contributed by atoms with Crippen molar-refractivity contribution < 1.29 is 14.6 Å². The van der Waals surface area contributed by atoms with Crippen LogP contribution < -0.4 is 4.90 Å². The summed E-state index contributed by atoms with van der Waals surface area (Å²) >= 11 is 0. The first-order chi connectivity index (χ1) is 9.50. The molecular weight excluding hydrogens is 258 g/mol. The van der Waals surface area contributed by atoms with E-state index in [1.807, 2.05) is 11.9 Å². The molecule has 1 saturated heterocycles. The summed E-state index contributed by atoms with van der Waals surface area (Å²) in [6.45, 7) is 5.83. The van der Waals surface area contributed by atoms with Crippen LogP contribution in [0.2, 0.25) is 0 Å². The minimum Gasteiger partial charge on any atom is -0.478 e. The fraction of sp³-hybridized carbons (Fsp3) is 0.643. The van der Waals surface area contributed by atoms with Crippen molar-refractivity contribution >= 4 is 11.8 Å². The number of aromatic nitrogens is 2. The van der Waals surface area contributed by atoms with Crippen molar-refractivity contribution in [1.29, 1.82) is 0 Å². The number of anilines is 1. The highest BCUT2D eigenvalue weighted by molar-refractivity contribution is 5.95. The number of nitrogens with zero attached hydrogens (tertiary/aromatic N) is 3. The maximum atomic E-state index is 11.5. The van der Waals surface area contributed by atoms with E-state index in [0.717, 1.165) is 32.6 Å². The number of carboxylic acid groups (broad SMARTS) is 1. The summed E-state index contributed by atoms with van der Waals surface area (Å²) in [6.07, 6.45) is 2.16. The largest absolute Gasteiger partial charge is 0.478 e. The number of hydrogen-bond acceptors (Lipinski definition) is 5. The summed E-state index contributed by atoms with van der Waals surface area (Å²) in [5.41, 5.74) is 1.58. The second-order valence-corrected chi connectivity index (χ2v) is 5.38. The minimum atomic E-state index is -0.956. The van der Waals surface area contributed by atoms with Crippen molar-refractivity contribution in [2.75, 3.05) is 31.7 Å². The molecule has 0 aliphatic carbocycles. The number of hydrogen-bond donors (Lipinski definition) is 1. The molecule has 1 aliphatic rings. The van der Waals surface area contributed by atoms with E-state index in [-0.39, 0.29) is 5.56 Å². The maximum Gasteiger partial charge on any atom is 0.339 e. The van der Waals surface area contributed by atoms with E-state index in [0.29, 0.717) is 23.0 Å². The number of ether oxygens (including phenoxy) is 1. The first kappa shape index (κ1) is 14.7. The summed E-state index contributed by atoms with van der Waals surface area (Å²) in [6, 6.07) is 0. The maximum absolute atomic E-state index is 11.5. The fourth-order valence-corrected chi connectivity index (χ4v) is 2.54. The fourth-order valence-electron chi connectivity index (χ4n) is 2.54. The highest BCUT2D eigenvalue weighted by atomic mass is 16.5. The molecule has 1 aromatic rings. The number of carbonyl (C=O) groups is 1. The van der Waals surface area contributed by atoms with Crippen LogP contribution in [0.3, 0.4) is 0 Å². The molecule has 1 N–H and O–H groups in total. The number of aromatic carboxylic acids is 1. The Kier molecular flexibility index (Phi) is 4.54. The first-order valence-corrected chi connectivity index (χ1v) is 6.86. The SMILES string of the molecule is Cc1nnc(N(C)CC2CCCOC2)c(C(=O)O)c1C. The molecular formula is C14H21N3O3. The third-order valence-electron chi connectivity index (χ3n) is 3.80. The Hall–Kier alpha value is -1.69. The monoisotopic (exact) mass is 279 g/mol. The zero-order valence-electron chi connectivity index (χ0n) is 12.2. The molecule has 0 bridgehead atoms. The summed E-state index contributed by atoms with van der Waals surface area (Å²) in [5, 5.41) is 17.5. The molecule has 0 amide bonds. The molecule has 20 heavy (non-hydrogen) atoms. The van der Waals surface area contributed by atoms with Gasteiger partial charge in [0.1, 0.15) is 5.56 Å². The average molecular weight is 279 g/mol. The normalized spacial score (nSPS) is 18.9. The van der Waals surface area contributed by atoms with E-state index in [1.54, 1.807) is 13.8 Å². The van der Waals surface area contributed by atoms with E-state index in [4.69, 9.17) is 4.74 Å². The lowest BCUT2D eigenvalue weighted by molar-refractivity contribution is 0.0575. The lowest BCUT2D eigenvalue weighted by Crippen LogP contribution is -2.32. The Bertz CT molecular complexity index is 499. The van der Waals surface area contributed by atoms with Gasteiger partial charge in [0, 0.05) is 20.2 Å². The number of carboxylic acids is 1. The third kappa shape index (κ3) is 3.07. The molecule has 0 saturated carbocycles. The lowest BCUT2D eigenvalue weighted by atomic mass is 10.0. The van der Waals surface area contributed by atoms with Gasteiger partial charge < -0.3 is 14.7 Å². The molecule has 1 fully saturated rings. The average Bonchev–Trinajstić information content (AvgIpc) is 2.42. The summed E-state index contributed by atoms with van der Waals surface area (Å²) in [4.78, 5) is 13.3. The van der Waals surface area contributed by atoms with Crippen molar-refractivity contribution in [2.24, 2.45) is 5.92 Å². The Morgan fingerprint density at radius 1 is 1.45 bits per heavy atom. The van der Waals surface area contributed by atoms with Crippen LogP contribution in [0.15, 0.2) is 0 Å². The van der Waals surface area contributed by atoms with Crippen LogP contribution in [0, 0.1) is 19.8 Å². The van der Waals surface area contributed by atoms with Crippen molar-refractivity contribution in [3.63, 3.8) is 0 Å². The van der Waals surface area contributed by atoms with Crippen LogP contribution in [0.5, 0.6) is 0 Å². The molecule has 1 aromatic heterocycles. The Balaban J connectivity index is 2.22. The Labute approximate surface area is 118 Å². The molecule has 0 radical (unpaired) electrons. The molecule has 110 valence electrons. The van der Waals surface area contributed by atoms with E-state index >= 15 is 0 Å². The molecule has 2 rings (SSSR count). The van der Waals surface area contributed by atoms with Crippen LogP contribution >= 0.6 is 0 Å². The van der Waals surface area contributed by atoms with Crippen LogP contribution in [-0.2, 0) is 4.74 Å². The topological polar surface area (TPSA) is 75.5 Å². The van der Waals surface area contributed by atoms with E-state index in [2.05, 4.69) is 10.2 Å². The van der Waals surface area contributed by atoms with Gasteiger partial charge in [0.25, 0.3) is 0 Å². The predicted octanol–water partition coefficient (Wildman–Crippen LogP) is 1.65. The van der Waals surface area contributed by atoms with E-state index in [9.17, 15) is 9.90 Å². The van der Waals surface area contributed by atoms with E-state index < -0.39 is 5.97 Å². The second kappa shape index (κ2) is 6.17. The molecule has 2 heterocycles. The van der Waals surface area contributed by atoms with Gasteiger partial charge in [-0.1, -0.05) is 0 Å². The number of aryl methyl sites for hydroxylation is 1. The van der Waals surface area contributed by atoms with Gasteiger partial charge in [-0.3, -0.25) is 0 Å². The van der Waals surface area contributed by atoms with Gasteiger partial charge in [-0.25, -0.2) is 4.79 Å².